The summed E-state index contributed by atoms with van der Waals surface area (Å²) in [4.78, 5) is 12.5. The zero-order chi connectivity index (χ0) is 18.6. The van der Waals surface area contributed by atoms with Crippen LogP contribution in [0.15, 0.2) is 30.3 Å². The molecule has 0 aromatic heterocycles. The number of carbonyl (C=O) groups excluding carboxylic acids is 1. The smallest absolute Gasteiger partial charge is 0.224 e. The van der Waals surface area contributed by atoms with Gasteiger partial charge in [-0.05, 0) is 18.4 Å². The summed E-state index contributed by atoms with van der Waals surface area (Å²) in [6, 6.07) is 9.10. The van der Waals surface area contributed by atoms with Gasteiger partial charge >= 0.3 is 0 Å². The van der Waals surface area contributed by atoms with Crippen molar-refractivity contribution in [3.63, 3.8) is 0 Å². The number of nitrogens with zero attached hydrogens (tertiary/aromatic N) is 1. The Balaban J connectivity index is 1.55. The summed E-state index contributed by atoms with van der Waals surface area (Å²) in [7, 11) is -3.44. The molecule has 3 unspecified atom stereocenters. The van der Waals surface area contributed by atoms with Crippen LogP contribution >= 0.6 is 0 Å². The van der Waals surface area contributed by atoms with Crippen molar-refractivity contribution in [2.45, 2.75) is 24.7 Å². The lowest BCUT2D eigenvalue weighted by atomic mass is 9.98. The molecule has 0 saturated carbocycles. The van der Waals surface area contributed by atoms with E-state index in [4.69, 9.17) is 0 Å². The third kappa shape index (κ3) is 4.82. The minimum absolute atomic E-state index is 0.0143. The van der Waals surface area contributed by atoms with Gasteiger partial charge in [0.2, 0.25) is 15.9 Å². The van der Waals surface area contributed by atoms with E-state index in [1.54, 1.807) is 12.1 Å². The van der Waals surface area contributed by atoms with Gasteiger partial charge in [0.1, 0.15) is 0 Å². The number of sulfonamides is 1. The molecule has 1 amide bonds. The van der Waals surface area contributed by atoms with Crippen LogP contribution in [-0.4, -0.2) is 62.6 Å². The van der Waals surface area contributed by atoms with Crippen LogP contribution in [0.2, 0.25) is 0 Å². The van der Waals surface area contributed by atoms with Gasteiger partial charge in [0.15, 0.2) is 0 Å². The molecule has 2 heterocycles. The Labute approximate surface area is 154 Å². The molecule has 0 bridgehead atoms. The zero-order valence-electron chi connectivity index (χ0n) is 14.8. The van der Waals surface area contributed by atoms with Crippen LogP contribution in [0.5, 0.6) is 0 Å². The van der Waals surface area contributed by atoms with Gasteiger partial charge in [-0.2, -0.15) is 0 Å². The second kappa shape index (κ2) is 8.47. The number of amides is 1. The van der Waals surface area contributed by atoms with Crippen molar-refractivity contribution in [2.24, 2.45) is 11.8 Å². The maximum atomic E-state index is 12.7. The summed E-state index contributed by atoms with van der Waals surface area (Å²) >= 11 is 0. The highest BCUT2D eigenvalue weighted by molar-refractivity contribution is 7.88. The fourth-order valence-electron chi connectivity index (χ4n) is 3.59. The van der Waals surface area contributed by atoms with E-state index in [0.717, 1.165) is 5.56 Å². The lowest BCUT2D eigenvalue weighted by molar-refractivity contribution is -0.126. The molecule has 26 heavy (non-hydrogen) atoms. The van der Waals surface area contributed by atoms with Gasteiger partial charge in [-0.25, -0.2) is 12.7 Å². The molecule has 144 valence electrons. The van der Waals surface area contributed by atoms with E-state index >= 15 is 0 Å². The maximum Gasteiger partial charge on any atom is 0.224 e. The summed E-state index contributed by atoms with van der Waals surface area (Å²) in [5, 5.41) is 15.8. The number of benzene rings is 1. The SMILES string of the molecule is O=C(NCC1CNCC1O)C1CCCN(S(=O)(=O)Cc2ccccc2)C1. The largest absolute Gasteiger partial charge is 0.391 e. The zero-order valence-corrected chi connectivity index (χ0v) is 15.6. The third-order valence-electron chi connectivity index (χ3n) is 5.18. The number of hydrogen-bond donors (Lipinski definition) is 3. The van der Waals surface area contributed by atoms with Crippen molar-refractivity contribution in [1.82, 2.24) is 14.9 Å². The predicted octanol–water partition coefficient (Wildman–Crippen LogP) is -0.0751. The second-order valence-corrected chi connectivity index (χ2v) is 9.14. The van der Waals surface area contributed by atoms with Crippen molar-refractivity contribution in [3.05, 3.63) is 35.9 Å². The van der Waals surface area contributed by atoms with E-state index in [1.807, 2.05) is 18.2 Å². The number of hydrogen-bond acceptors (Lipinski definition) is 5. The summed E-state index contributed by atoms with van der Waals surface area (Å²) in [5.41, 5.74) is 0.752. The van der Waals surface area contributed by atoms with E-state index in [-0.39, 0.29) is 30.0 Å². The number of nitrogens with one attached hydrogen (secondary N) is 2. The molecule has 0 aliphatic carbocycles. The Morgan fingerprint density at radius 1 is 1.27 bits per heavy atom. The van der Waals surface area contributed by atoms with Crippen LogP contribution in [0.4, 0.5) is 0 Å². The lowest BCUT2D eigenvalue weighted by Gasteiger charge is -2.31. The molecule has 3 N–H and O–H groups in total. The number of carbonyl (C=O) groups is 1. The Bertz CT molecular complexity index is 710. The Kier molecular flexibility index (Phi) is 6.29. The van der Waals surface area contributed by atoms with Gasteiger partial charge in [-0.1, -0.05) is 30.3 Å². The first kappa shape index (κ1) is 19.3. The molecule has 2 saturated heterocycles. The molecule has 2 aliphatic rings. The van der Waals surface area contributed by atoms with E-state index in [9.17, 15) is 18.3 Å². The minimum Gasteiger partial charge on any atom is -0.391 e. The molecular weight excluding hydrogens is 354 g/mol. The molecule has 0 spiro atoms. The Morgan fingerprint density at radius 3 is 2.73 bits per heavy atom. The number of β-amino-alcohol motifs (C(OH)–C–C–N with tert-alkyl or cyclic N) is 1. The predicted molar refractivity (Wildman–Crippen MR) is 98.7 cm³/mol. The van der Waals surface area contributed by atoms with Crippen LogP contribution in [0.25, 0.3) is 0 Å². The van der Waals surface area contributed by atoms with E-state index in [0.29, 0.717) is 39.0 Å². The van der Waals surface area contributed by atoms with Crippen LogP contribution in [0.1, 0.15) is 18.4 Å². The number of rotatable bonds is 6. The Morgan fingerprint density at radius 2 is 2.04 bits per heavy atom. The topological polar surface area (TPSA) is 98.7 Å². The summed E-state index contributed by atoms with van der Waals surface area (Å²) < 4.78 is 26.8. The fourth-order valence-corrected chi connectivity index (χ4v) is 5.20. The summed E-state index contributed by atoms with van der Waals surface area (Å²) in [6.07, 6.45) is 0.929. The molecule has 0 radical (unpaired) electrons. The average molecular weight is 381 g/mol. The molecular formula is C18H27N3O4S. The summed E-state index contributed by atoms with van der Waals surface area (Å²) in [5.74, 6) is -0.479. The molecule has 8 heteroatoms. The highest BCUT2D eigenvalue weighted by atomic mass is 32.2. The monoisotopic (exact) mass is 381 g/mol. The summed E-state index contributed by atoms with van der Waals surface area (Å²) in [6.45, 7) is 2.34. The molecule has 7 nitrogen and oxygen atoms in total. The first-order valence-electron chi connectivity index (χ1n) is 9.14. The maximum absolute atomic E-state index is 12.7. The van der Waals surface area contributed by atoms with Crippen LogP contribution in [0.3, 0.4) is 0 Å². The van der Waals surface area contributed by atoms with Gasteiger partial charge < -0.3 is 15.7 Å². The van der Waals surface area contributed by atoms with Gasteiger partial charge in [0, 0.05) is 38.6 Å². The standard InChI is InChI=1S/C18H27N3O4S/c22-17-11-19-9-16(17)10-20-18(23)15-7-4-8-21(12-15)26(24,25)13-14-5-2-1-3-6-14/h1-3,5-6,15-17,19,22H,4,7-13H2,(H,20,23). The van der Waals surface area contributed by atoms with Crippen molar-refractivity contribution in [3.8, 4) is 0 Å². The minimum atomic E-state index is -3.44. The third-order valence-corrected chi connectivity index (χ3v) is 7.00. The van der Waals surface area contributed by atoms with Crippen molar-refractivity contribution in [2.75, 3.05) is 32.7 Å². The normalized spacial score (nSPS) is 27.3. The van der Waals surface area contributed by atoms with Crippen molar-refractivity contribution in [1.29, 1.82) is 0 Å². The molecule has 3 rings (SSSR count). The first-order chi connectivity index (χ1) is 12.5. The van der Waals surface area contributed by atoms with E-state index < -0.39 is 16.1 Å². The average Bonchev–Trinajstić information content (AvgIpc) is 3.05. The van der Waals surface area contributed by atoms with Gasteiger partial charge in [0.25, 0.3) is 0 Å². The van der Waals surface area contributed by atoms with Crippen molar-refractivity contribution >= 4 is 15.9 Å². The first-order valence-corrected chi connectivity index (χ1v) is 10.7. The molecule has 1 aromatic rings. The molecule has 1 aromatic carbocycles. The lowest BCUT2D eigenvalue weighted by Crippen LogP contribution is -2.47. The highest BCUT2D eigenvalue weighted by Gasteiger charge is 2.33. The number of aliphatic hydroxyl groups excluding tert-OH is 1. The van der Waals surface area contributed by atoms with Crippen LogP contribution in [0, 0.1) is 11.8 Å². The fraction of sp³-hybridized carbons (Fsp3) is 0.611. The van der Waals surface area contributed by atoms with Gasteiger partial charge in [0.05, 0.1) is 17.8 Å². The van der Waals surface area contributed by atoms with Gasteiger partial charge in [-0.3, -0.25) is 4.79 Å². The van der Waals surface area contributed by atoms with E-state index in [2.05, 4.69) is 10.6 Å². The molecule has 2 fully saturated rings. The van der Waals surface area contributed by atoms with Crippen molar-refractivity contribution < 1.29 is 18.3 Å². The van der Waals surface area contributed by atoms with Gasteiger partial charge in [-0.15, -0.1) is 0 Å². The second-order valence-electron chi connectivity index (χ2n) is 7.17. The quantitative estimate of drug-likeness (QED) is 0.640. The molecule has 3 atom stereocenters. The Hall–Kier alpha value is -1.48. The van der Waals surface area contributed by atoms with Crippen LogP contribution < -0.4 is 10.6 Å². The van der Waals surface area contributed by atoms with Crippen LogP contribution in [-0.2, 0) is 20.6 Å². The number of piperidine rings is 1. The van der Waals surface area contributed by atoms with E-state index in [1.165, 1.54) is 4.31 Å². The highest BCUT2D eigenvalue weighted by Crippen LogP contribution is 2.22. The molecule has 2 aliphatic heterocycles. The number of aliphatic hydroxyl groups is 1.